The van der Waals surface area contributed by atoms with Gasteiger partial charge in [0.05, 0.1) is 0 Å². The molecule has 0 fully saturated rings. The number of rotatable bonds is 4. The molecule has 0 saturated carbocycles. The summed E-state index contributed by atoms with van der Waals surface area (Å²) in [5.41, 5.74) is 2.27. The molecule has 0 atom stereocenters. The lowest BCUT2D eigenvalue weighted by Crippen LogP contribution is -1.95. The molecular formula is C15H18NO. The van der Waals surface area contributed by atoms with Crippen molar-refractivity contribution >= 4 is 6.21 Å². The smallest absolute Gasteiger partial charge is 0.140 e. The van der Waals surface area contributed by atoms with Crippen LogP contribution in [0.15, 0.2) is 41.3 Å². The van der Waals surface area contributed by atoms with Gasteiger partial charge in [-0.05, 0) is 37.3 Å². The fourth-order valence-corrected chi connectivity index (χ4v) is 1.96. The molecule has 0 N–H and O–H groups in total. The predicted molar refractivity (Wildman–Crippen MR) is 70.0 cm³/mol. The Bertz CT molecular complexity index is 421. The Morgan fingerprint density at radius 3 is 2.94 bits per heavy atom. The molecule has 0 saturated heterocycles. The lowest BCUT2D eigenvalue weighted by atomic mass is 10.1. The highest BCUT2D eigenvalue weighted by Crippen LogP contribution is 2.18. The molecule has 0 bridgehead atoms. The summed E-state index contributed by atoms with van der Waals surface area (Å²) >= 11 is 0. The van der Waals surface area contributed by atoms with Gasteiger partial charge in [-0.15, -0.1) is 0 Å². The normalized spacial score (nSPS) is 15.9. The summed E-state index contributed by atoms with van der Waals surface area (Å²) in [5.74, 6) is 0.984. The van der Waals surface area contributed by atoms with E-state index >= 15 is 0 Å². The maximum absolute atomic E-state index is 5.36. The number of aryl methyl sites for hydroxylation is 1. The Morgan fingerprint density at radius 2 is 2.18 bits per heavy atom. The molecule has 0 spiro atoms. The van der Waals surface area contributed by atoms with Crippen molar-refractivity contribution in [3.8, 4) is 0 Å². The molecule has 0 unspecified atom stereocenters. The van der Waals surface area contributed by atoms with E-state index in [0.29, 0.717) is 0 Å². The molecule has 0 aliphatic heterocycles. The highest BCUT2D eigenvalue weighted by molar-refractivity contribution is 5.81. The van der Waals surface area contributed by atoms with Crippen molar-refractivity contribution in [2.75, 3.05) is 0 Å². The van der Waals surface area contributed by atoms with Crippen LogP contribution in [-0.4, -0.2) is 6.21 Å². The van der Waals surface area contributed by atoms with Gasteiger partial charge in [0.2, 0.25) is 0 Å². The maximum Gasteiger partial charge on any atom is 0.140 e. The second-order valence-corrected chi connectivity index (χ2v) is 4.22. The Kier molecular flexibility index (Phi) is 4.37. The van der Waals surface area contributed by atoms with Gasteiger partial charge < -0.3 is 4.84 Å². The molecule has 0 amide bonds. The van der Waals surface area contributed by atoms with Gasteiger partial charge in [-0.3, -0.25) is 0 Å². The lowest BCUT2D eigenvalue weighted by Gasteiger charge is -2.09. The highest BCUT2D eigenvalue weighted by atomic mass is 16.6. The van der Waals surface area contributed by atoms with Crippen LogP contribution in [0.4, 0.5) is 0 Å². The molecule has 2 rings (SSSR count). The van der Waals surface area contributed by atoms with Crippen molar-refractivity contribution in [2.24, 2.45) is 5.16 Å². The fraction of sp³-hybridized carbons (Fsp3) is 0.400. The number of hydrogen-bond acceptors (Lipinski definition) is 2. The second kappa shape index (κ2) is 6.24. The van der Waals surface area contributed by atoms with Crippen LogP contribution in [0.1, 0.15) is 43.7 Å². The first-order valence-corrected chi connectivity index (χ1v) is 6.30. The van der Waals surface area contributed by atoms with Crippen LogP contribution >= 0.6 is 0 Å². The van der Waals surface area contributed by atoms with Gasteiger partial charge in [0.15, 0.2) is 0 Å². The summed E-state index contributed by atoms with van der Waals surface area (Å²) < 4.78 is 0. The van der Waals surface area contributed by atoms with Crippen molar-refractivity contribution in [1.82, 2.24) is 0 Å². The van der Waals surface area contributed by atoms with Gasteiger partial charge >= 0.3 is 0 Å². The van der Waals surface area contributed by atoms with E-state index in [-0.39, 0.29) is 0 Å². The highest BCUT2D eigenvalue weighted by Gasteiger charge is 2.04. The molecule has 2 heteroatoms. The zero-order chi connectivity index (χ0) is 11.9. The molecule has 0 heterocycles. The van der Waals surface area contributed by atoms with Crippen LogP contribution in [0.3, 0.4) is 0 Å². The minimum Gasteiger partial charge on any atom is -0.361 e. The van der Waals surface area contributed by atoms with Crippen molar-refractivity contribution in [3.63, 3.8) is 0 Å². The van der Waals surface area contributed by atoms with Gasteiger partial charge in [-0.2, -0.15) is 0 Å². The summed E-state index contributed by atoms with van der Waals surface area (Å²) in [6.07, 6.45) is 10.7. The van der Waals surface area contributed by atoms with Crippen LogP contribution in [0.2, 0.25) is 0 Å². The quantitative estimate of drug-likeness (QED) is 0.565. The maximum atomic E-state index is 5.36. The lowest BCUT2D eigenvalue weighted by molar-refractivity contribution is 0.210. The Morgan fingerprint density at radius 1 is 1.29 bits per heavy atom. The molecule has 1 aromatic rings. The summed E-state index contributed by atoms with van der Waals surface area (Å²) in [7, 11) is 0. The summed E-state index contributed by atoms with van der Waals surface area (Å²) in [5, 5.41) is 3.96. The Balaban J connectivity index is 1.97. The number of hydrogen-bond donors (Lipinski definition) is 0. The molecule has 1 radical (unpaired) electrons. The first-order valence-electron chi connectivity index (χ1n) is 6.30. The Labute approximate surface area is 103 Å². The SMILES string of the molecule is CCc1ccccc1[C]=NOC1=CCCCC1. The molecule has 89 valence electrons. The van der Waals surface area contributed by atoms with E-state index in [2.05, 4.69) is 30.4 Å². The topological polar surface area (TPSA) is 21.6 Å². The zero-order valence-corrected chi connectivity index (χ0v) is 10.3. The van der Waals surface area contributed by atoms with E-state index in [1.54, 1.807) is 0 Å². The van der Waals surface area contributed by atoms with Crippen molar-refractivity contribution < 1.29 is 4.84 Å². The van der Waals surface area contributed by atoms with E-state index in [9.17, 15) is 0 Å². The summed E-state index contributed by atoms with van der Waals surface area (Å²) in [6, 6.07) is 8.14. The Hall–Kier alpha value is -1.57. The molecular weight excluding hydrogens is 210 g/mol. The molecule has 0 aromatic heterocycles. The molecule has 1 aliphatic rings. The third-order valence-electron chi connectivity index (χ3n) is 2.98. The zero-order valence-electron chi connectivity index (χ0n) is 10.3. The van der Waals surface area contributed by atoms with Crippen molar-refractivity contribution in [2.45, 2.75) is 39.0 Å². The summed E-state index contributed by atoms with van der Waals surface area (Å²) in [4.78, 5) is 5.36. The van der Waals surface area contributed by atoms with Crippen LogP contribution in [-0.2, 0) is 11.3 Å². The molecule has 1 aromatic carbocycles. The van der Waals surface area contributed by atoms with Crippen LogP contribution in [0.5, 0.6) is 0 Å². The van der Waals surface area contributed by atoms with Crippen LogP contribution in [0, 0.1) is 0 Å². The third-order valence-corrected chi connectivity index (χ3v) is 2.98. The number of nitrogens with zero attached hydrogens (tertiary/aromatic N) is 1. The van der Waals surface area contributed by atoms with Crippen LogP contribution in [0.25, 0.3) is 0 Å². The number of allylic oxidation sites excluding steroid dienone is 2. The molecule has 17 heavy (non-hydrogen) atoms. The number of benzene rings is 1. The van der Waals surface area contributed by atoms with E-state index in [4.69, 9.17) is 4.84 Å². The van der Waals surface area contributed by atoms with E-state index < -0.39 is 0 Å². The molecule has 1 aliphatic carbocycles. The van der Waals surface area contributed by atoms with Gasteiger partial charge in [0, 0.05) is 12.0 Å². The van der Waals surface area contributed by atoms with Gasteiger partial charge in [0.1, 0.15) is 12.0 Å². The van der Waals surface area contributed by atoms with E-state index in [1.807, 2.05) is 18.2 Å². The largest absolute Gasteiger partial charge is 0.361 e. The van der Waals surface area contributed by atoms with Crippen molar-refractivity contribution in [3.05, 3.63) is 47.2 Å². The minimum atomic E-state index is 0.984. The standard InChI is InChI=1S/C15H18NO/c1-2-13-8-6-7-9-14(13)12-16-17-15-10-4-3-5-11-15/h6-10H,2-5,11H2,1H3. The van der Waals surface area contributed by atoms with E-state index in [1.165, 1.54) is 18.4 Å². The van der Waals surface area contributed by atoms with Crippen molar-refractivity contribution in [1.29, 1.82) is 0 Å². The van der Waals surface area contributed by atoms with Crippen LogP contribution < -0.4 is 0 Å². The monoisotopic (exact) mass is 228 g/mol. The first-order chi connectivity index (χ1) is 8.40. The van der Waals surface area contributed by atoms with Gasteiger partial charge in [0.25, 0.3) is 0 Å². The predicted octanol–water partition coefficient (Wildman–Crippen LogP) is 3.93. The second-order valence-electron chi connectivity index (χ2n) is 4.22. The average molecular weight is 228 g/mol. The summed E-state index contributed by atoms with van der Waals surface area (Å²) in [6.45, 7) is 2.13. The minimum absolute atomic E-state index is 0.984. The van der Waals surface area contributed by atoms with E-state index in [0.717, 1.165) is 30.6 Å². The average Bonchev–Trinajstić information content (AvgIpc) is 2.40. The van der Waals surface area contributed by atoms with Gasteiger partial charge in [-0.25, -0.2) is 0 Å². The molecule has 2 nitrogen and oxygen atoms in total. The fourth-order valence-electron chi connectivity index (χ4n) is 1.96. The van der Waals surface area contributed by atoms with Gasteiger partial charge in [-0.1, -0.05) is 36.3 Å². The third kappa shape index (κ3) is 3.45. The first kappa shape index (κ1) is 11.9.